The molecule has 60 nitrogen and oxygen atoms in total. The van der Waals surface area contributed by atoms with Gasteiger partial charge in [0.15, 0.2) is 0 Å². The van der Waals surface area contributed by atoms with Crippen molar-refractivity contribution < 1.29 is 196 Å². The van der Waals surface area contributed by atoms with Gasteiger partial charge in [-0.2, -0.15) is 0 Å². The van der Waals surface area contributed by atoms with Crippen LogP contribution in [0.15, 0.2) is 0 Å². The number of aliphatic hydroxyl groups excluding tert-OH is 4. The number of rotatable bonds is 68. The number of nitrogens with zero attached hydrogens (tertiary/aromatic N) is 16. The van der Waals surface area contributed by atoms with Gasteiger partial charge in [-0.15, -0.1) is 0 Å². The van der Waals surface area contributed by atoms with Gasteiger partial charge in [-0.25, -0.2) is 0 Å². The number of ether oxygens (including phenoxy) is 8. The topological polar surface area (TPSA) is 771 Å². The van der Waals surface area contributed by atoms with Gasteiger partial charge >= 0.3 is 71.6 Å². The highest BCUT2D eigenvalue weighted by atomic mass is 16.6. The number of carboxylic acid groups (broad SMARTS) is 12. The highest BCUT2D eigenvalue weighted by Crippen LogP contribution is 2.16. The number of hydrogen-bond acceptors (Lipinski definition) is 44. The van der Waals surface area contributed by atoms with E-state index in [0.29, 0.717) is 0 Å². The van der Waals surface area contributed by atoms with E-state index in [1.165, 1.54) is 0 Å². The van der Waals surface area contributed by atoms with Crippen LogP contribution in [0.5, 0.6) is 0 Å². The van der Waals surface area contributed by atoms with Crippen LogP contribution in [0.3, 0.4) is 0 Å². The minimum Gasteiger partial charge on any atom is -0.480 e. The normalized spacial score (nSPS) is 19.2. The van der Waals surface area contributed by atoms with Crippen LogP contribution in [0.1, 0.15) is 0 Å². The van der Waals surface area contributed by atoms with Crippen molar-refractivity contribution in [2.24, 2.45) is 5.41 Å². The molecule has 0 aromatic rings. The van der Waals surface area contributed by atoms with Crippen molar-refractivity contribution in [3.05, 3.63) is 0 Å². The third kappa shape index (κ3) is 68.1. The van der Waals surface area contributed by atoms with Crippen molar-refractivity contribution in [1.29, 1.82) is 0 Å². The van der Waals surface area contributed by atoms with Crippen LogP contribution in [0.25, 0.3) is 0 Å². The predicted octanol–water partition coefficient (Wildman–Crippen LogP) is -14.1. The molecule has 4 fully saturated rings. The van der Waals surface area contributed by atoms with E-state index in [9.17, 15) is 158 Å². The molecule has 0 spiro atoms. The van der Waals surface area contributed by atoms with E-state index in [4.69, 9.17) is 37.9 Å². The quantitative estimate of drug-likeness (QED) is 0.0251. The number of nitrogens with one attached hydrogen (secondary N) is 4. The summed E-state index contributed by atoms with van der Waals surface area (Å²) in [5.74, 6) is -16.5. The molecule has 4 heterocycles. The number of aliphatic carboxylic acids is 12. The zero-order chi connectivity index (χ0) is 110. The van der Waals surface area contributed by atoms with Gasteiger partial charge in [-0.1, -0.05) is 0 Å². The monoisotopic (exact) mass is 2150 g/mol. The van der Waals surface area contributed by atoms with Gasteiger partial charge < -0.3 is 141 Å². The maximum atomic E-state index is 13.9. The van der Waals surface area contributed by atoms with Crippen LogP contribution in [-0.2, 0) is 115 Å². The molecule has 4 rings (SSSR count). The van der Waals surface area contributed by atoms with Gasteiger partial charge in [0.05, 0.1) is 182 Å². The lowest BCUT2D eigenvalue weighted by atomic mass is 9.86. The van der Waals surface area contributed by atoms with E-state index in [1.807, 2.05) is 19.6 Å². The van der Waals surface area contributed by atoms with Crippen LogP contribution >= 0.6 is 0 Å². The second-order valence-corrected chi connectivity index (χ2v) is 37.0. The molecule has 0 aromatic carbocycles. The number of amides is 4. The van der Waals surface area contributed by atoms with Crippen LogP contribution in [-0.4, -0.2) is 726 Å². The number of β-amino-alcohol motifs (C(OH)–C–C–N with tert-alkyl or cyclic N) is 4. The molecule has 4 saturated heterocycles. The maximum absolute atomic E-state index is 13.9. The van der Waals surface area contributed by atoms with Crippen LogP contribution in [0.4, 0.5) is 0 Å². The summed E-state index contributed by atoms with van der Waals surface area (Å²) in [4.78, 5) is 224. The fraction of sp³-hybridized carbons (Fsp3) is 0.820. The van der Waals surface area contributed by atoms with E-state index in [2.05, 4.69) is 21.3 Å². The molecule has 0 saturated carbocycles. The molecule has 60 heteroatoms. The van der Waals surface area contributed by atoms with E-state index >= 15 is 0 Å². The van der Waals surface area contributed by atoms with Gasteiger partial charge in [0, 0.05) is 267 Å². The fourth-order valence-electron chi connectivity index (χ4n) is 16.4. The minimum atomic E-state index is -1.59. The van der Waals surface area contributed by atoms with Crippen molar-refractivity contribution in [2.75, 3.05) is 446 Å². The van der Waals surface area contributed by atoms with Gasteiger partial charge in [0.25, 0.3) is 0 Å². The first-order chi connectivity index (χ1) is 70.9. The van der Waals surface area contributed by atoms with Crippen LogP contribution < -0.4 is 21.3 Å². The molecule has 4 unspecified atom stereocenters. The molecule has 0 radical (unpaired) electrons. The average Bonchev–Trinajstić information content (AvgIpc) is 0.843. The molecule has 856 valence electrons. The Balaban J connectivity index is 1.55. The van der Waals surface area contributed by atoms with Crippen LogP contribution in [0, 0.1) is 5.41 Å². The van der Waals surface area contributed by atoms with Crippen molar-refractivity contribution in [3.8, 4) is 0 Å². The fourth-order valence-corrected chi connectivity index (χ4v) is 16.4. The molecular formula is C89H160N20O40. The Kier molecular flexibility index (Phi) is 67.9. The molecule has 0 bridgehead atoms. The lowest BCUT2D eigenvalue weighted by molar-refractivity contribution is -0.140. The van der Waals surface area contributed by atoms with Gasteiger partial charge in [0.2, 0.25) is 23.6 Å². The summed E-state index contributed by atoms with van der Waals surface area (Å²) in [5, 5.41) is 172. The number of hydrogen-bond donors (Lipinski definition) is 20. The number of aliphatic hydroxyl groups is 4. The summed E-state index contributed by atoms with van der Waals surface area (Å²) in [7, 11) is 0. The van der Waals surface area contributed by atoms with Crippen molar-refractivity contribution in [1.82, 2.24) is 99.7 Å². The smallest absolute Gasteiger partial charge is 0.317 e. The van der Waals surface area contributed by atoms with E-state index in [-0.39, 0.29) is 393 Å². The Labute approximate surface area is 863 Å². The largest absolute Gasteiger partial charge is 0.480 e. The summed E-state index contributed by atoms with van der Waals surface area (Å²) in [6.45, 7) is -5.51. The van der Waals surface area contributed by atoms with E-state index < -0.39 is 178 Å². The molecule has 4 atom stereocenters. The first-order valence-electron chi connectivity index (χ1n) is 49.5. The highest BCUT2D eigenvalue weighted by Gasteiger charge is 2.35. The summed E-state index contributed by atoms with van der Waals surface area (Å²) >= 11 is 0. The third-order valence-corrected chi connectivity index (χ3v) is 24.2. The first-order valence-corrected chi connectivity index (χ1v) is 49.5. The van der Waals surface area contributed by atoms with Gasteiger partial charge in [-0.3, -0.25) is 155 Å². The van der Waals surface area contributed by atoms with Crippen molar-refractivity contribution in [3.63, 3.8) is 0 Å². The van der Waals surface area contributed by atoms with E-state index in [0.717, 1.165) is 0 Å². The number of carbonyl (C=O) groups excluding carboxylic acids is 4. The molecular weight excluding hydrogens is 1990 g/mol. The zero-order valence-electron chi connectivity index (χ0n) is 85.0. The SMILES string of the molecule is O=C(O)CN1CCN(CC(=O)O)CCN(CC(O)COCCOCC(=O)NCC(CNC(=O)COCCOCC(O)CN2CCN(CC(=O)O)CCN(CC(=O)O)CCN(CC(=O)O)CC2)(CNC(=O)COCCOCC(O)CN2CCN(CC(=O)O)CCN(CC(=O)O)CCN(CC(=O)O)CC2)CNC(=O)COCCOCC(O)CN2CCN(CC(=O)O)CCN(CC(=O)O)CCN(CC(=O)O)CC2)CCN(CC(=O)O)CC1. The number of carboxylic acids is 12. The third-order valence-electron chi connectivity index (χ3n) is 24.2. The average molecular weight is 2150 g/mol. The summed E-state index contributed by atoms with van der Waals surface area (Å²) in [6, 6.07) is 0. The molecule has 0 aliphatic carbocycles. The Morgan fingerprint density at radius 3 is 0.403 bits per heavy atom. The lowest BCUT2D eigenvalue weighted by Gasteiger charge is -2.34. The predicted molar refractivity (Wildman–Crippen MR) is 520 cm³/mol. The maximum Gasteiger partial charge on any atom is 0.317 e. The van der Waals surface area contributed by atoms with Crippen LogP contribution in [0.2, 0.25) is 0 Å². The minimum absolute atomic E-state index is 0.0124. The van der Waals surface area contributed by atoms with E-state index in [1.54, 1.807) is 58.8 Å². The molecule has 149 heavy (non-hydrogen) atoms. The Hall–Kier alpha value is -9.60. The summed E-state index contributed by atoms with van der Waals surface area (Å²) in [6.07, 6.45) is -4.62. The standard InChI is InChI=1S/C89H160N20O40/c110-69(41-94-1-9-98(45-77(118)119)17-25-106(53-85(134)135)26-18-99(10-2-94)46-78(120)121)57-142-33-37-146-61-73(114)90-65-89(66-91-74(115)62-147-38-34-143-58-70(111)42-95-3-11-100(47-79(122)123)19-27-107(54-86(136)137)28-20-101(12-4-95)48-80(124)125,67-92-75(116)63-148-39-35-144-59-71(112)43-96-5-13-102(49-81(126)127)21-29-108(55-87(138)139)30-22-103(14-6-96)50-82(128)129)68-93-76(117)64-149-40-36-145-60-72(113)44-97-7-15-104(51-83(130)131)23-31-109(56-88(140)141)32-24-105(16-8-97)52-84(132)133/h69-72,110-113H,1-68H2,(H,90,114)(H,91,115)(H,92,116)(H,93,117)(H,118,119)(H,120,121)(H,122,123)(H,124,125)(H,126,127)(H,128,129)(H,130,131)(H,132,133)(H,134,135)(H,136,137)(H,138,139)(H,140,141). The molecule has 20 N–H and O–H groups in total. The van der Waals surface area contributed by atoms with Gasteiger partial charge in [0.1, 0.15) is 26.4 Å². The lowest BCUT2D eigenvalue weighted by Crippen LogP contribution is -2.57. The molecule has 4 amide bonds. The molecule has 4 aliphatic rings. The summed E-state index contributed by atoms with van der Waals surface area (Å²) in [5.41, 5.74) is -1.59. The summed E-state index contributed by atoms with van der Waals surface area (Å²) < 4.78 is 45.6. The Bertz CT molecular complexity index is 3350. The highest BCUT2D eigenvalue weighted by molar-refractivity contribution is 5.80. The Morgan fingerprint density at radius 1 is 0.181 bits per heavy atom. The van der Waals surface area contributed by atoms with Crippen molar-refractivity contribution in [2.45, 2.75) is 24.4 Å². The second-order valence-electron chi connectivity index (χ2n) is 37.0. The number of carbonyl (C=O) groups is 16. The molecule has 0 aromatic heterocycles. The second kappa shape index (κ2) is 76.8. The first kappa shape index (κ1) is 132. The molecule has 4 aliphatic heterocycles. The Morgan fingerprint density at radius 2 is 0.289 bits per heavy atom. The zero-order valence-corrected chi connectivity index (χ0v) is 85.0. The van der Waals surface area contributed by atoms with Crippen molar-refractivity contribution >= 4 is 95.3 Å². The van der Waals surface area contributed by atoms with Gasteiger partial charge in [-0.05, 0) is 0 Å².